The SMILES string of the molecule is CN1CC[C@@H](Nc2cccc3c(CC(F)(F)F)c(C#CCNc4ccc(S(C)(=O)=O)cc4P(C)(C)=O)sc23)[C@@H](F)C1. The highest BCUT2D eigenvalue weighted by Gasteiger charge is 2.32. The standard InChI is InChI=1S/C28H32F4N3O3PS2/c1-35-14-12-22(21(29)17-35)34-24-8-5-7-19-20(16-28(30,31)32)26(40-27(19)24)9-6-13-33-23-11-10-18(41(4,37)38)15-25(23)39(2,3)36/h5,7-8,10-11,15,21-22,33-34H,12-14,16-17H2,1-4H3/t21-,22+/m0/s1. The first-order valence-corrected chi connectivity index (χ1v) is 18.2. The Bertz CT molecular complexity index is 1660. The Morgan fingerprint density at radius 1 is 1.17 bits per heavy atom. The zero-order chi connectivity index (χ0) is 30.2. The van der Waals surface area contributed by atoms with E-state index in [0.29, 0.717) is 39.7 Å². The zero-order valence-electron chi connectivity index (χ0n) is 23.1. The van der Waals surface area contributed by atoms with Gasteiger partial charge in [-0.25, -0.2) is 12.8 Å². The summed E-state index contributed by atoms with van der Waals surface area (Å²) in [6.07, 6.45) is -5.08. The van der Waals surface area contributed by atoms with E-state index in [9.17, 15) is 30.5 Å². The molecule has 0 spiro atoms. The molecule has 13 heteroatoms. The van der Waals surface area contributed by atoms with E-state index in [0.717, 1.165) is 17.6 Å². The molecule has 4 rings (SSSR count). The van der Waals surface area contributed by atoms with Crippen LogP contribution in [0.15, 0.2) is 41.3 Å². The predicted octanol–water partition coefficient (Wildman–Crippen LogP) is 5.58. The van der Waals surface area contributed by atoms with Crippen LogP contribution in [0, 0.1) is 11.8 Å². The van der Waals surface area contributed by atoms with Crippen LogP contribution in [-0.2, 0) is 20.8 Å². The Kier molecular flexibility index (Phi) is 9.15. The average Bonchev–Trinajstić information content (AvgIpc) is 3.19. The number of halogens is 4. The highest BCUT2D eigenvalue weighted by molar-refractivity contribution is 7.90. The number of alkyl halides is 4. The Labute approximate surface area is 241 Å². The maximum absolute atomic E-state index is 14.7. The van der Waals surface area contributed by atoms with E-state index < -0.39 is 41.8 Å². The number of likely N-dealkylation sites (tertiary alicyclic amines) is 1. The van der Waals surface area contributed by atoms with Gasteiger partial charge in [0.2, 0.25) is 0 Å². The molecule has 0 radical (unpaired) electrons. The maximum Gasteiger partial charge on any atom is 0.393 e. The Hall–Kier alpha value is -2.58. The summed E-state index contributed by atoms with van der Waals surface area (Å²) in [5.74, 6) is 5.73. The van der Waals surface area contributed by atoms with E-state index in [2.05, 4.69) is 22.5 Å². The number of anilines is 2. The fourth-order valence-electron chi connectivity index (χ4n) is 4.78. The van der Waals surface area contributed by atoms with Crippen LogP contribution in [0.5, 0.6) is 0 Å². The Morgan fingerprint density at radius 3 is 2.54 bits per heavy atom. The van der Waals surface area contributed by atoms with Crippen LogP contribution < -0.4 is 15.9 Å². The molecule has 1 aliphatic rings. The maximum atomic E-state index is 14.7. The molecule has 1 fully saturated rings. The molecule has 0 saturated carbocycles. The van der Waals surface area contributed by atoms with Crippen molar-refractivity contribution >= 4 is 55.1 Å². The highest BCUT2D eigenvalue weighted by Crippen LogP contribution is 2.40. The molecule has 1 aromatic heterocycles. The average molecular weight is 630 g/mol. The predicted molar refractivity (Wildman–Crippen MR) is 160 cm³/mol. The smallest absolute Gasteiger partial charge is 0.378 e. The van der Waals surface area contributed by atoms with Gasteiger partial charge in [0.25, 0.3) is 0 Å². The van der Waals surface area contributed by atoms with Gasteiger partial charge in [0.15, 0.2) is 9.84 Å². The number of nitrogens with one attached hydrogen (secondary N) is 2. The van der Waals surface area contributed by atoms with E-state index in [1.807, 2.05) is 11.9 Å². The van der Waals surface area contributed by atoms with Crippen LogP contribution in [0.3, 0.4) is 0 Å². The molecule has 0 amide bonds. The van der Waals surface area contributed by atoms with E-state index in [4.69, 9.17) is 0 Å². The fourth-order valence-corrected chi connectivity index (χ4v) is 7.87. The summed E-state index contributed by atoms with van der Waals surface area (Å²) in [5.41, 5.74) is 1.09. The summed E-state index contributed by atoms with van der Waals surface area (Å²) in [6, 6.07) is 8.88. The van der Waals surface area contributed by atoms with Crippen LogP contribution in [0.4, 0.5) is 28.9 Å². The van der Waals surface area contributed by atoms with Crippen molar-refractivity contribution in [1.29, 1.82) is 0 Å². The van der Waals surface area contributed by atoms with Gasteiger partial charge in [-0.15, -0.1) is 11.3 Å². The number of nitrogens with zero attached hydrogens (tertiary/aromatic N) is 1. The lowest BCUT2D eigenvalue weighted by Gasteiger charge is -2.33. The van der Waals surface area contributed by atoms with E-state index >= 15 is 0 Å². The third-order valence-electron chi connectivity index (χ3n) is 6.83. The summed E-state index contributed by atoms with van der Waals surface area (Å²) in [4.78, 5) is 2.21. The second kappa shape index (κ2) is 12.0. The molecule has 0 aliphatic carbocycles. The first-order chi connectivity index (χ1) is 19.0. The Balaban J connectivity index is 1.64. The molecule has 1 aliphatic heterocycles. The van der Waals surface area contributed by atoms with Gasteiger partial charge in [-0.1, -0.05) is 24.0 Å². The molecule has 3 aromatic rings. The number of fused-ring (bicyclic) bond motifs is 1. The van der Waals surface area contributed by atoms with E-state index in [1.54, 1.807) is 18.2 Å². The van der Waals surface area contributed by atoms with Crippen LogP contribution in [0.1, 0.15) is 16.9 Å². The molecule has 0 bridgehead atoms. The molecule has 41 heavy (non-hydrogen) atoms. The minimum absolute atomic E-state index is 0.0230. The number of hydrogen-bond donors (Lipinski definition) is 2. The van der Waals surface area contributed by atoms with Gasteiger partial charge in [0, 0.05) is 30.3 Å². The zero-order valence-corrected chi connectivity index (χ0v) is 25.6. The highest BCUT2D eigenvalue weighted by atomic mass is 32.2. The molecule has 2 aromatic carbocycles. The summed E-state index contributed by atoms with van der Waals surface area (Å²) in [6.45, 7) is 4.06. The van der Waals surface area contributed by atoms with E-state index in [-0.39, 0.29) is 28.4 Å². The second-order valence-electron chi connectivity index (χ2n) is 10.7. The molecule has 0 unspecified atom stereocenters. The number of sulfone groups is 1. The van der Waals surface area contributed by atoms with Gasteiger partial charge < -0.3 is 20.1 Å². The number of benzene rings is 2. The topological polar surface area (TPSA) is 78.5 Å². The summed E-state index contributed by atoms with van der Waals surface area (Å²) in [7, 11) is -4.54. The summed E-state index contributed by atoms with van der Waals surface area (Å²) < 4.78 is 92.8. The molecule has 2 heterocycles. The summed E-state index contributed by atoms with van der Waals surface area (Å²) in [5, 5.41) is 7.02. The van der Waals surface area contributed by atoms with Gasteiger partial charge in [0.05, 0.1) is 39.2 Å². The first kappa shape index (κ1) is 31.4. The molecule has 2 atom stereocenters. The monoisotopic (exact) mass is 629 g/mol. The molecule has 1 saturated heterocycles. The number of piperidine rings is 1. The van der Waals surface area contributed by atoms with Gasteiger partial charge in [-0.05, 0) is 62.0 Å². The van der Waals surface area contributed by atoms with Gasteiger partial charge in [-0.2, -0.15) is 13.2 Å². The van der Waals surface area contributed by atoms with Crippen LogP contribution in [0.25, 0.3) is 10.1 Å². The van der Waals surface area contributed by atoms with Crippen molar-refractivity contribution in [3.63, 3.8) is 0 Å². The molecule has 222 valence electrons. The largest absolute Gasteiger partial charge is 0.393 e. The van der Waals surface area contributed by atoms with Crippen molar-refractivity contribution in [2.24, 2.45) is 0 Å². The van der Waals surface area contributed by atoms with Gasteiger partial charge in [0.1, 0.15) is 13.3 Å². The molecular weight excluding hydrogens is 597 g/mol. The van der Waals surface area contributed by atoms with Crippen molar-refractivity contribution in [2.75, 3.05) is 56.9 Å². The van der Waals surface area contributed by atoms with Crippen LogP contribution in [0.2, 0.25) is 0 Å². The third kappa shape index (κ3) is 7.83. The Morgan fingerprint density at radius 2 is 1.90 bits per heavy atom. The van der Waals surface area contributed by atoms with E-state index in [1.165, 1.54) is 31.5 Å². The molecular formula is C28H32F4N3O3PS2. The van der Waals surface area contributed by atoms with Gasteiger partial charge >= 0.3 is 6.18 Å². The lowest BCUT2D eigenvalue weighted by atomic mass is 10.0. The quantitative estimate of drug-likeness (QED) is 0.202. The number of rotatable bonds is 7. The van der Waals surface area contributed by atoms with Crippen molar-refractivity contribution in [3.8, 4) is 11.8 Å². The van der Waals surface area contributed by atoms with Crippen molar-refractivity contribution in [3.05, 3.63) is 46.8 Å². The normalized spacial score (nSPS) is 18.6. The van der Waals surface area contributed by atoms with Crippen LogP contribution in [-0.4, -0.2) is 78.0 Å². The van der Waals surface area contributed by atoms with Crippen LogP contribution >= 0.6 is 18.5 Å². The lowest BCUT2D eigenvalue weighted by Crippen LogP contribution is -2.46. The summed E-state index contributed by atoms with van der Waals surface area (Å²) >= 11 is 1.13. The first-order valence-electron chi connectivity index (χ1n) is 12.9. The fraction of sp³-hybridized carbons (Fsp3) is 0.429. The minimum Gasteiger partial charge on any atom is -0.378 e. The van der Waals surface area contributed by atoms with Crippen molar-refractivity contribution in [2.45, 2.75) is 36.1 Å². The third-order valence-corrected chi connectivity index (χ3v) is 10.7. The van der Waals surface area contributed by atoms with Crippen molar-refractivity contribution < 1.29 is 30.5 Å². The molecule has 6 nitrogen and oxygen atoms in total. The van der Waals surface area contributed by atoms with Crippen molar-refractivity contribution in [1.82, 2.24) is 4.90 Å². The number of thiophene rings is 1. The number of hydrogen-bond acceptors (Lipinski definition) is 7. The second-order valence-corrected chi connectivity index (χ2v) is 16.9. The van der Waals surface area contributed by atoms with Gasteiger partial charge in [-0.3, -0.25) is 0 Å². The molecule has 2 N–H and O–H groups in total. The minimum atomic E-state index is -4.45. The lowest BCUT2D eigenvalue weighted by molar-refractivity contribution is -0.126.